The standard InChI is InChI=1S/C11H19N5O/c1-2-3-6-16(7-8-17)11-9(10(12)13)4-5-14-15-11/h4-5,17H,2-3,6-8H2,1H3,(H3,12,13). The molecule has 0 atom stereocenters. The number of hydrogen-bond acceptors (Lipinski definition) is 5. The predicted molar refractivity (Wildman–Crippen MR) is 67.3 cm³/mol. The van der Waals surface area contributed by atoms with E-state index >= 15 is 0 Å². The van der Waals surface area contributed by atoms with E-state index in [-0.39, 0.29) is 12.4 Å². The second-order valence-corrected chi connectivity index (χ2v) is 3.75. The molecule has 0 aliphatic carbocycles. The van der Waals surface area contributed by atoms with Gasteiger partial charge >= 0.3 is 0 Å². The summed E-state index contributed by atoms with van der Waals surface area (Å²) in [7, 11) is 0. The van der Waals surface area contributed by atoms with E-state index in [1.807, 2.05) is 4.90 Å². The summed E-state index contributed by atoms with van der Waals surface area (Å²) < 4.78 is 0. The lowest BCUT2D eigenvalue weighted by atomic mass is 10.2. The van der Waals surface area contributed by atoms with Crippen molar-refractivity contribution in [1.29, 1.82) is 5.41 Å². The van der Waals surface area contributed by atoms with Gasteiger partial charge in [0.2, 0.25) is 0 Å². The number of anilines is 1. The highest BCUT2D eigenvalue weighted by Crippen LogP contribution is 2.15. The average molecular weight is 237 g/mol. The van der Waals surface area contributed by atoms with E-state index in [4.69, 9.17) is 16.2 Å². The molecule has 0 bridgehead atoms. The Morgan fingerprint density at radius 1 is 1.53 bits per heavy atom. The minimum atomic E-state index is -0.0330. The molecule has 0 unspecified atom stereocenters. The first-order chi connectivity index (χ1) is 8.20. The van der Waals surface area contributed by atoms with Crippen LogP contribution < -0.4 is 10.6 Å². The molecule has 0 spiro atoms. The first kappa shape index (κ1) is 13.4. The molecule has 1 aromatic rings. The minimum absolute atomic E-state index is 0.0330. The molecule has 1 rings (SSSR count). The fraction of sp³-hybridized carbons (Fsp3) is 0.545. The molecule has 4 N–H and O–H groups in total. The topological polar surface area (TPSA) is 99.1 Å². The Balaban J connectivity index is 2.95. The Kier molecular flexibility index (Phi) is 5.35. The molecule has 1 aromatic heterocycles. The van der Waals surface area contributed by atoms with Gasteiger partial charge in [-0.3, -0.25) is 5.41 Å². The third-order valence-corrected chi connectivity index (χ3v) is 2.44. The number of aliphatic hydroxyl groups is 1. The molecule has 6 nitrogen and oxygen atoms in total. The zero-order chi connectivity index (χ0) is 12.7. The van der Waals surface area contributed by atoms with Crippen LogP contribution in [0, 0.1) is 5.41 Å². The van der Waals surface area contributed by atoms with E-state index in [9.17, 15) is 0 Å². The van der Waals surface area contributed by atoms with Crippen LogP contribution in [-0.2, 0) is 0 Å². The van der Waals surface area contributed by atoms with Gasteiger partial charge in [0, 0.05) is 13.1 Å². The van der Waals surface area contributed by atoms with Crippen molar-refractivity contribution in [1.82, 2.24) is 10.2 Å². The van der Waals surface area contributed by atoms with Crippen molar-refractivity contribution >= 4 is 11.7 Å². The monoisotopic (exact) mass is 237 g/mol. The molecule has 0 amide bonds. The predicted octanol–water partition coefficient (Wildman–Crippen LogP) is 0.359. The normalized spacial score (nSPS) is 10.2. The molecule has 17 heavy (non-hydrogen) atoms. The summed E-state index contributed by atoms with van der Waals surface area (Å²) in [5.74, 6) is 0.539. The molecule has 0 aliphatic heterocycles. The summed E-state index contributed by atoms with van der Waals surface area (Å²) in [6.45, 7) is 3.38. The highest BCUT2D eigenvalue weighted by Gasteiger charge is 2.14. The van der Waals surface area contributed by atoms with Gasteiger partial charge in [-0.05, 0) is 12.5 Å². The molecule has 1 heterocycles. The van der Waals surface area contributed by atoms with E-state index in [2.05, 4.69) is 17.1 Å². The summed E-state index contributed by atoms with van der Waals surface area (Å²) in [6, 6.07) is 1.67. The van der Waals surface area contributed by atoms with Gasteiger partial charge < -0.3 is 15.7 Å². The summed E-state index contributed by atoms with van der Waals surface area (Å²) >= 11 is 0. The first-order valence-corrected chi connectivity index (χ1v) is 5.72. The van der Waals surface area contributed by atoms with E-state index in [0.29, 0.717) is 17.9 Å². The Labute approximate surface area is 101 Å². The van der Waals surface area contributed by atoms with Crippen molar-refractivity contribution in [3.63, 3.8) is 0 Å². The van der Waals surface area contributed by atoms with E-state index in [1.54, 1.807) is 6.07 Å². The lowest BCUT2D eigenvalue weighted by Gasteiger charge is -2.23. The Hall–Kier alpha value is -1.69. The Bertz CT molecular complexity index is 369. The third kappa shape index (κ3) is 3.67. The molecule has 0 aliphatic rings. The zero-order valence-corrected chi connectivity index (χ0v) is 10.1. The fourth-order valence-corrected chi connectivity index (χ4v) is 1.56. The third-order valence-electron chi connectivity index (χ3n) is 2.44. The van der Waals surface area contributed by atoms with Gasteiger partial charge in [-0.25, -0.2) is 0 Å². The van der Waals surface area contributed by atoms with Crippen LogP contribution in [0.15, 0.2) is 12.3 Å². The molecule has 0 aromatic carbocycles. The van der Waals surface area contributed by atoms with Crippen molar-refractivity contribution in [3.05, 3.63) is 17.8 Å². The largest absolute Gasteiger partial charge is 0.395 e. The molecule has 0 radical (unpaired) electrons. The summed E-state index contributed by atoms with van der Waals surface area (Å²) in [5, 5.41) is 24.4. The van der Waals surface area contributed by atoms with Crippen molar-refractivity contribution < 1.29 is 5.11 Å². The number of aromatic nitrogens is 2. The first-order valence-electron chi connectivity index (χ1n) is 5.72. The molecule has 0 saturated carbocycles. The van der Waals surface area contributed by atoms with Crippen molar-refractivity contribution in [2.24, 2.45) is 5.73 Å². The highest BCUT2D eigenvalue weighted by atomic mass is 16.3. The Morgan fingerprint density at radius 3 is 2.88 bits per heavy atom. The van der Waals surface area contributed by atoms with Gasteiger partial charge in [-0.15, -0.1) is 5.10 Å². The maximum absolute atomic E-state index is 9.05. The van der Waals surface area contributed by atoms with Crippen LogP contribution in [0.25, 0.3) is 0 Å². The van der Waals surface area contributed by atoms with Gasteiger partial charge in [0.1, 0.15) is 5.84 Å². The molecule has 0 saturated heterocycles. The van der Waals surface area contributed by atoms with Gasteiger partial charge in [0.15, 0.2) is 5.82 Å². The van der Waals surface area contributed by atoms with Gasteiger partial charge in [0.25, 0.3) is 0 Å². The maximum atomic E-state index is 9.05. The molecule has 6 heteroatoms. The highest BCUT2D eigenvalue weighted by molar-refractivity contribution is 5.99. The summed E-state index contributed by atoms with van der Waals surface area (Å²) in [6.07, 6.45) is 3.56. The molecule has 94 valence electrons. The van der Waals surface area contributed by atoms with Crippen LogP contribution in [-0.4, -0.2) is 40.8 Å². The van der Waals surface area contributed by atoms with E-state index in [0.717, 1.165) is 19.4 Å². The minimum Gasteiger partial charge on any atom is -0.395 e. The summed E-state index contributed by atoms with van der Waals surface area (Å²) in [5.41, 5.74) is 6.06. The maximum Gasteiger partial charge on any atom is 0.162 e. The zero-order valence-electron chi connectivity index (χ0n) is 10.1. The second-order valence-electron chi connectivity index (χ2n) is 3.75. The number of nitrogens with two attached hydrogens (primary N) is 1. The molecular weight excluding hydrogens is 218 g/mol. The van der Waals surface area contributed by atoms with Crippen LogP contribution >= 0.6 is 0 Å². The van der Waals surface area contributed by atoms with Crippen LogP contribution in [0.2, 0.25) is 0 Å². The lowest BCUT2D eigenvalue weighted by molar-refractivity contribution is 0.301. The number of nitrogens with one attached hydrogen (secondary N) is 1. The number of aliphatic hydroxyl groups excluding tert-OH is 1. The van der Waals surface area contributed by atoms with E-state index < -0.39 is 0 Å². The van der Waals surface area contributed by atoms with E-state index in [1.165, 1.54) is 6.20 Å². The van der Waals surface area contributed by atoms with Gasteiger partial charge in [-0.2, -0.15) is 5.10 Å². The van der Waals surface area contributed by atoms with Crippen LogP contribution in [0.1, 0.15) is 25.3 Å². The van der Waals surface area contributed by atoms with Crippen molar-refractivity contribution in [3.8, 4) is 0 Å². The number of hydrogen-bond donors (Lipinski definition) is 3. The van der Waals surface area contributed by atoms with Crippen molar-refractivity contribution in [2.75, 3.05) is 24.6 Å². The number of unbranched alkanes of at least 4 members (excludes halogenated alkanes) is 1. The number of amidine groups is 1. The number of rotatable bonds is 7. The lowest BCUT2D eigenvalue weighted by Crippen LogP contribution is -2.31. The quantitative estimate of drug-likeness (QED) is 0.469. The summed E-state index contributed by atoms with van der Waals surface area (Å²) in [4.78, 5) is 1.91. The van der Waals surface area contributed by atoms with Crippen LogP contribution in [0.4, 0.5) is 5.82 Å². The number of nitrogens with zero attached hydrogens (tertiary/aromatic N) is 3. The number of nitrogen functional groups attached to an aromatic ring is 1. The fourth-order valence-electron chi connectivity index (χ4n) is 1.56. The van der Waals surface area contributed by atoms with Crippen LogP contribution in [0.5, 0.6) is 0 Å². The average Bonchev–Trinajstić information content (AvgIpc) is 2.34. The van der Waals surface area contributed by atoms with Gasteiger partial charge in [-0.1, -0.05) is 13.3 Å². The SMILES string of the molecule is CCCCN(CCO)c1nnccc1C(=N)N. The molecular formula is C11H19N5O. The van der Waals surface area contributed by atoms with Crippen molar-refractivity contribution in [2.45, 2.75) is 19.8 Å². The smallest absolute Gasteiger partial charge is 0.162 e. The molecule has 0 fully saturated rings. The van der Waals surface area contributed by atoms with Gasteiger partial charge in [0.05, 0.1) is 18.4 Å². The second kappa shape index (κ2) is 6.80. The Morgan fingerprint density at radius 2 is 2.29 bits per heavy atom. The van der Waals surface area contributed by atoms with Crippen LogP contribution in [0.3, 0.4) is 0 Å².